The fourth-order valence-corrected chi connectivity index (χ4v) is 6.36. The van der Waals surface area contributed by atoms with Crippen LogP contribution in [0, 0.1) is 0 Å². The average molecular weight is 586 g/mol. The summed E-state index contributed by atoms with van der Waals surface area (Å²) < 4.78 is 24.9. The highest BCUT2D eigenvalue weighted by Gasteiger charge is 2.21. The minimum absolute atomic E-state index is 0.264. The quantitative estimate of drug-likeness (QED) is 0.0895. The molecule has 0 aliphatic heterocycles. The van der Waals surface area contributed by atoms with Gasteiger partial charge in [-0.05, 0) is 31.3 Å². The summed E-state index contributed by atoms with van der Waals surface area (Å²) in [5.74, 6) is 2.40. The molecular formula is C28H52N5O4PS. The molecule has 2 heterocycles. The fraction of sp³-hybridized carbons (Fsp3) is 0.821. The number of rotatable bonds is 25. The van der Waals surface area contributed by atoms with Crippen LogP contribution in [0.2, 0.25) is 0 Å². The van der Waals surface area contributed by atoms with Gasteiger partial charge in [0.1, 0.15) is 18.2 Å². The van der Waals surface area contributed by atoms with Crippen molar-refractivity contribution in [1.29, 1.82) is 0 Å². The summed E-state index contributed by atoms with van der Waals surface area (Å²) in [6, 6.07) is 0. The first-order valence-electron chi connectivity index (χ1n) is 15.0. The summed E-state index contributed by atoms with van der Waals surface area (Å²) >= 11 is 1.90. The van der Waals surface area contributed by atoms with Crippen LogP contribution in [0.1, 0.15) is 110 Å². The van der Waals surface area contributed by atoms with Crippen molar-refractivity contribution in [1.82, 2.24) is 19.5 Å². The van der Waals surface area contributed by atoms with Gasteiger partial charge in [0, 0.05) is 0 Å². The van der Waals surface area contributed by atoms with Crippen molar-refractivity contribution < 1.29 is 18.7 Å². The predicted molar refractivity (Wildman–Crippen MR) is 163 cm³/mol. The average Bonchev–Trinajstić information content (AvgIpc) is 3.32. The zero-order valence-electron chi connectivity index (χ0n) is 24.3. The van der Waals surface area contributed by atoms with Crippen molar-refractivity contribution in [3.8, 4) is 0 Å². The Kier molecular flexibility index (Phi) is 18.0. The Bertz CT molecular complexity index is 948. The van der Waals surface area contributed by atoms with E-state index in [1.807, 2.05) is 18.7 Å². The van der Waals surface area contributed by atoms with Gasteiger partial charge in [0.25, 0.3) is 0 Å². The molecule has 0 aliphatic carbocycles. The standard InChI is InChI=1S/C28H52N5O4PS/c1-3-4-5-6-7-8-9-10-11-12-13-14-15-16-19-39-20-17-18-37-38(34,35)24-36-25(2)21-33-23-32-26-27(29)30-22-31-28(26)33/h22-23,25H,3-21,24H2,1-2H3,(H,34,35)(H2,29,30,31)/t25-/m1/s1. The van der Waals surface area contributed by atoms with Gasteiger partial charge >= 0.3 is 7.60 Å². The molecule has 224 valence electrons. The monoisotopic (exact) mass is 585 g/mol. The van der Waals surface area contributed by atoms with E-state index in [1.54, 1.807) is 10.9 Å². The molecule has 2 rings (SSSR count). The van der Waals surface area contributed by atoms with E-state index in [0.717, 1.165) is 17.9 Å². The van der Waals surface area contributed by atoms with Gasteiger partial charge in [0.2, 0.25) is 0 Å². The number of hydrogen-bond acceptors (Lipinski definition) is 8. The Morgan fingerprint density at radius 2 is 1.51 bits per heavy atom. The number of anilines is 1. The van der Waals surface area contributed by atoms with Crippen LogP contribution in [0.15, 0.2) is 12.7 Å². The predicted octanol–water partition coefficient (Wildman–Crippen LogP) is 7.58. The molecule has 0 radical (unpaired) electrons. The van der Waals surface area contributed by atoms with Crippen LogP contribution in [0.25, 0.3) is 11.2 Å². The molecule has 2 aromatic rings. The van der Waals surface area contributed by atoms with Gasteiger partial charge in [-0.15, -0.1) is 0 Å². The number of hydrogen-bond donors (Lipinski definition) is 2. The largest absolute Gasteiger partial charge is 0.382 e. The van der Waals surface area contributed by atoms with E-state index in [1.165, 1.54) is 96.2 Å². The van der Waals surface area contributed by atoms with Crippen LogP contribution in [-0.4, -0.2) is 55.0 Å². The van der Waals surface area contributed by atoms with Crippen LogP contribution in [0.3, 0.4) is 0 Å². The highest BCUT2D eigenvalue weighted by molar-refractivity contribution is 7.99. The summed E-state index contributed by atoms with van der Waals surface area (Å²) in [4.78, 5) is 22.4. The number of nitrogens with two attached hydrogens (primary N) is 1. The maximum Gasteiger partial charge on any atom is 0.353 e. The summed E-state index contributed by atoms with van der Waals surface area (Å²) in [6.07, 6.45) is 22.4. The van der Waals surface area contributed by atoms with Crippen LogP contribution < -0.4 is 5.73 Å². The van der Waals surface area contributed by atoms with Crippen molar-refractivity contribution in [3.05, 3.63) is 12.7 Å². The third-order valence-electron chi connectivity index (χ3n) is 6.77. The highest BCUT2D eigenvalue weighted by atomic mass is 32.2. The van der Waals surface area contributed by atoms with Gasteiger partial charge in [-0.3, -0.25) is 4.57 Å². The molecule has 0 fully saturated rings. The molecule has 3 N–H and O–H groups in total. The molecule has 0 aliphatic rings. The topological polar surface area (TPSA) is 125 Å². The second-order valence-electron chi connectivity index (χ2n) is 10.5. The molecule has 2 aromatic heterocycles. The maximum absolute atomic E-state index is 12.3. The number of aromatic nitrogens is 4. The number of nitrogen functional groups attached to an aromatic ring is 1. The molecule has 11 heteroatoms. The highest BCUT2D eigenvalue weighted by Crippen LogP contribution is 2.42. The molecule has 0 spiro atoms. The zero-order chi connectivity index (χ0) is 28.2. The fourth-order valence-electron chi connectivity index (χ4n) is 4.49. The zero-order valence-corrected chi connectivity index (χ0v) is 26.0. The third-order valence-corrected chi connectivity index (χ3v) is 8.99. The van der Waals surface area contributed by atoms with E-state index < -0.39 is 7.60 Å². The minimum atomic E-state index is -3.79. The molecule has 0 saturated heterocycles. The van der Waals surface area contributed by atoms with Crippen LogP contribution in [-0.2, 0) is 20.4 Å². The van der Waals surface area contributed by atoms with E-state index in [2.05, 4.69) is 21.9 Å². The lowest BCUT2D eigenvalue weighted by Crippen LogP contribution is -2.17. The number of ether oxygens (including phenoxy) is 1. The van der Waals surface area contributed by atoms with Gasteiger partial charge in [-0.1, -0.05) is 90.4 Å². The molecule has 0 saturated carbocycles. The van der Waals surface area contributed by atoms with Gasteiger partial charge in [-0.25, -0.2) is 15.0 Å². The van der Waals surface area contributed by atoms with Crippen molar-refractivity contribution in [3.63, 3.8) is 0 Å². The lowest BCUT2D eigenvalue weighted by molar-refractivity contribution is 0.0718. The number of thioether (sulfide) groups is 1. The Morgan fingerprint density at radius 1 is 0.923 bits per heavy atom. The summed E-state index contributed by atoms with van der Waals surface area (Å²) in [6.45, 7) is 4.78. The number of imidazole rings is 1. The lowest BCUT2D eigenvalue weighted by atomic mass is 10.0. The van der Waals surface area contributed by atoms with Crippen molar-refractivity contribution in [2.75, 3.05) is 30.2 Å². The van der Waals surface area contributed by atoms with Gasteiger partial charge < -0.3 is 24.5 Å². The first-order chi connectivity index (χ1) is 18.9. The number of unbranched alkanes of at least 4 members (excludes halogenated alkanes) is 13. The molecule has 9 nitrogen and oxygen atoms in total. The van der Waals surface area contributed by atoms with E-state index in [4.69, 9.17) is 15.0 Å². The van der Waals surface area contributed by atoms with Crippen molar-refractivity contribution in [2.24, 2.45) is 0 Å². The second-order valence-corrected chi connectivity index (χ2v) is 13.5. The van der Waals surface area contributed by atoms with E-state index in [0.29, 0.717) is 23.5 Å². The number of nitrogens with zero attached hydrogens (tertiary/aromatic N) is 4. The molecule has 0 aromatic carbocycles. The molecule has 2 atom stereocenters. The van der Waals surface area contributed by atoms with E-state index >= 15 is 0 Å². The van der Waals surface area contributed by atoms with Gasteiger partial charge in [0.15, 0.2) is 11.5 Å². The second kappa shape index (κ2) is 20.7. The van der Waals surface area contributed by atoms with Crippen LogP contribution in [0.4, 0.5) is 5.82 Å². The summed E-state index contributed by atoms with van der Waals surface area (Å²) in [5, 5.41) is 0. The molecular weight excluding hydrogens is 533 g/mol. The first-order valence-corrected chi connectivity index (χ1v) is 17.9. The van der Waals surface area contributed by atoms with E-state index in [-0.39, 0.29) is 19.1 Å². The molecule has 1 unspecified atom stereocenters. The molecule has 0 amide bonds. The Labute approximate surface area is 240 Å². The smallest absolute Gasteiger partial charge is 0.353 e. The maximum atomic E-state index is 12.3. The lowest BCUT2D eigenvalue weighted by Gasteiger charge is -2.17. The Balaban J connectivity index is 1.38. The van der Waals surface area contributed by atoms with Gasteiger partial charge in [-0.2, -0.15) is 11.8 Å². The van der Waals surface area contributed by atoms with Crippen molar-refractivity contribution in [2.45, 2.75) is 123 Å². The minimum Gasteiger partial charge on any atom is -0.382 e. The summed E-state index contributed by atoms with van der Waals surface area (Å²) in [5.41, 5.74) is 6.95. The van der Waals surface area contributed by atoms with Crippen molar-refractivity contribution >= 4 is 36.3 Å². The normalized spacial score (nSPS) is 14.1. The SMILES string of the molecule is CCCCCCCCCCCCCCCCSCCCOP(=O)(O)CO[C@H](C)Cn1cnc2c(N)ncnc21. The van der Waals surface area contributed by atoms with Crippen LogP contribution in [0.5, 0.6) is 0 Å². The summed E-state index contributed by atoms with van der Waals surface area (Å²) in [7, 11) is -3.79. The van der Waals surface area contributed by atoms with E-state index in [9.17, 15) is 9.46 Å². The first kappa shape index (κ1) is 34.0. The van der Waals surface area contributed by atoms with Gasteiger partial charge in [0.05, 0.1) is 25.6 Å². The Morgan fingerprint density at radius 3 is 2.15 bits per heavy atom. The molecule has 0 bridgehead atoms. The third kappa shape index (κ3) is 15.4. The molecule has 39 heavy (non-hydrogen) atoms. The van der Waals surface area contributed by atoms with Crippen LogP contribution >= 0.6 is 19.4 Å². The Hall–Kier alpha value is -1.19. The number of fused-ring (bicyclic) bond motifs is 1.